The van der Waals surface area contributed by atoms with Gasteiger partial charge in [0.2, 0.25) is 0 Å². The van der Waals surface area contributed by atoms with Crippen molar-refractivity contribution in [3.8, 4) is 0 Å². The maximum Gasteiger partial charge on any atom is 0.308 e. The van der Waals surface area contributed by atoms with Crippen LogP contribution >= 0.6 is 0 Å². The van der Waals surface area contributed by atoms with Gasteiger partial charge in [-0.1, -0.05) is 6.42 Å². The van der Waals surface area contributed by atoms with E-state index in [-0.39, 0.29) is 12.0 Å². The van der Waals surface area contributed by atoms with Crippen molar-refractivity contribution >= 4 is 5.97 Å². The van der Waals surface area contributed by atoms with Crippen LogP contribution in [0.25, 0.3) is 0 Å². The van der Waals surface area contributed by atoms with Gasteiger partial charge in [-0.2, -0.15) is 0 Å². The Bertz CT molecular complexity index is 283. The number of rotatable bonds is 4. The minimum atomic E-state index is -0.608. The monoisotopic (exact) mass is 240 g/mol. The first-order valence-corrected chi connectivity index (χ1v) is 6.69. The molecule has 1 aliphatic heterocycles. The van der Waals surface area contributed by atoms with E-state index in [0.717, 1.165) is 38.3 Å². The van der Waals surface area contributed by atoms with Crippen molar-refractivity contribution in [2.24, 2.45) is 11.8 Å². The number of hydrogen-bond acceptors (Lipinski definition) is 3. The number of carboxylic acid groups (broad SMARTS) is 1. The Morgan fingerprint density at radius 1 is 1.41 bits per heavy atom. The van der Waals surface area contributed by atoms with Crippen LogP contribution in [0.1, 0.15) is 25.7 Å². The van der Waals surface area contributed by atoms with Crippen molar-refractivity contribution < 1.29 is 9.90 Å². The Labute approximate surface area is 104 Å². The lowest BCUT2D eigenvalue weighted by Gasteiger charge is -2.29. The topological polar surface area (TPSA) is 43.8 Å². The number of likely N-dealkylation sites (tertiary alicyclic amines) is 1. The quantitative estimate of drug-likeness (QED) is 0.800. The van der Waals surface area contributed by atoms with Gasteiger partial charge in [0.05, 0.1) is 5.92 Å². The lowest BCUT2D eigenvalue weighted by Crippen LogP contribution is -2.40. The lowest BCUT2D eigenvalue weighted by molar-refractivity contribution is -0.143. The maximum atomic E-state index is 11.2. The minimum Gasteiger partial charge on any atom is -0.481 e. The first kappa shape index (κ1) is 12.8. The average Bonchev–Trinajstić information content (AvgIpc) is 2.86. The van der Waals surface area contributed by atoms with E-state index in [1.807, 2.05) is 0 Å². The van der Waals surface area contributed by atoms with Gasteiger partial charge in [0, 0.05) is 19.1 Å². The molecule has 0 bridgehead atoms. The fraction of sp³-hybridized carbons (Fsp3) is 0.923. The van der Waals surface area contributed by atoms with Crippen LogP contribution in [0.5, 0.6) is 0 Å². The zero-order valence-electron chi connectivity index (χ0n) is 10.9. The van der Waals surface area contributed by atoms with Crippen molar-refractivity contribution in [2.75, 3.05) is 33.7 Å². The highest BCUT2D eigenvalue weighted by molar-refractivity contribution is 5.71. The van der Waals surface area contributed by atoms with E-state index < -0.39 is 5.97 Å². The molecule has 0 amide bonds. The number of carbonyl (C=O) groups is 1. The van der Waals surface area contributed by atoms with Crippen molar-refractivity contribution in [3.63, 3.8) is 0 Å². The molecule has 17 heavy (non-hydrogen) atoms. The molecule has 1 saturated heterocycles. The molecular formula is C13H24N2O2. The Kier molecular flexibility index (Phi) is 4.05. The smallest absolute Gasteiger partial charge is 0.308 e. The molecular weight excluding hydrogens is 216 g/mol. The molecule has 1 aliphatic carbocycles. The molecule has 0 aromatic rings. The molecule has 1 N–H and O–H groups in total. The van der Waals surface area contributed by atoms with E-state index in [0.29, 0.717) is 0 Å². The van der Waals surface area contributed by atoms with Gasteiger partial charge >= 0.3 is 5.97 Å². The molecule has 0 spiro atoms. The number of hydrogen-bond donors (Lipinski definition) is 1. The summed E-state index contributed by atoms with van der Waals surface area (Å²) in [5.74, 6) is -0.0259. The molecule has 98 valence electrons. The van der Waals surface area contributed by atoms with Crippen LogP contribution < -0.4 is 0 Å². The summed E-state index contributed by atoms with van der Waals surface area (Å²) >= 11 is 0. The van der Waals surface area contributed by atoms with E-state index in [4.69, 9.17) is 0 Å². The standard InChI is InChI=1S/C13H24N2O2/c1-14-7-6-10(8-14)9-15(2)12-5-3-4-11(12)13(16)17/h10-12H,3-9H2,1-2H3,(H,16,17). The van der Waals surface area contributed by atoms with Crippen LogP contribution in [0.15, 0.2) is 0 Å². The van der Waals surface area contributed by atoms with Gasteiger partial charge in [0.1, 0.15) is 0 Å². The highest BCUT2D eigenvalue weighted by Crippen LogP contribution is 2.30. The highest BCUT2D eigenvalue weighted by atomic mass is 16.4. The molecule has 2 fully saturated rings. The second-order valence-corrected chi connectivity index (χ2v) is 5.80. The first-order valence-electron chi connectivity index (χ1n) is 6.69. The largest absolute Gasteiger partial charge is 0.481 e. The zero-order valence-corrected chi connectivity index (χ0v) is 10.9. The Hall–Kier alpha value is -0.610. The van der Waals surface area contributed by atoms with E-state index in [9.17, 15) is 9.90 Å². The molecule has 3 unspecified atom stereocenters. The number of nitrogens with zero attached hydrogens (tertiary/aromatic N) is 2. The average molecular weight is 240 g/mol. The second kappa shape index (κ2) is 5.36. The molecule has 1 saturated carbocycles. The van der Waals surface area contributed by atoms with Crippen LogP contribution in [-0.2, 0) is 4.79 Å². The Morgan fingerprint density at radius 2 is 2.18 bits per heavy atom. The Balaban J connectivity index is 1.86. The molecule has 4 heteroatoms. The van der Waals surface area contributed by atoms with Crippen molar-refractivity contribution in [1.29, 1.82) is 0 Å². The predicted octanol–water partition coefficient (Wildman–Crippen LogP) is 1.12. The van der Waals surface area contributed by atoms with Gasteiger partial charge < -0.3 is 14.9 Å². The first-order chi connectivity index (χ1) is 8.08. The normalized spacial score (nSPS) is 34.6. The fourth-order valence-electron chi connectivity index (χ4n) is 3.47. The van der Waals surface area contributed by atoms with Gasteiger partial charge in [-0.15, -0.1) is 0 Å². The SMILES string of the molecule is CN1CCC(CN(C)C2CCCC2C(=O)O)C1. The lowest BCUT2D eigenvalue weighted by atomic mass is 10.0. The molecule has 2 rings (SSSR count). The van der Waals surface area contributed by atoms with Crippen LogP contribution in [0.2, 0.25) is 0 Å². The zero-order chi connectivity index (χ0) is 12.4. The van der Waals surface area contributed by atoms with Crippen molar-refractivity contribution in [3.05, 3.63) is 0 Å². The summed E-state index contributed by atoms with van der Waals surface area (Å²) in [6.45, 7) is 3.40. The summed E-state index contributed by atoms with van der Waals surface area (Å²) in [5.41, 5.74) is 0. The summed E-state index contributed by atoms with van der Waals surface area (Å²) in [6, 6.07) is 0.262. The molecule has 0 aromatic heterocycles. The van der Waals surface area contributed by atoms with Gasteiger partial charge in [0.15, 0.2) is 0 Å². The maximum absolute atomic E-state index is 11.2. The fourth-order valence-corrected chi connectivity index (χ4v) is 3.47. The molecule has 1 heterocycles. The van der Waals surface area contributed by atoms with Crippen LogP contribution in [0, 0.1) is 11.8 Å². The van der Waals surface area contributed by atoms with Crippen LogP contribution in [-0.4, -0.2) is 60.6 Å². The number of aliphatic carboxylic acids is 1. The second-order valence-electron chi connectivity index (χ2n) is 5.80. The molecule has 2 aliphatic rings. The minimum absolute atomic E-state index is 0.140. The van der Waals surface area contributed by atoms with E-state index >= 15 is 0 Å². The van der Waals surface area contributed by atoms with Crippen LogP contribution in [0.4, 0.5) is 0 Å². The summed E-state index contributed by atoms with van der Waals surface area (Å²) in [5, 5.41) is 9.20. The third-order valence-corrected chi connectivity index (χ3v) is 4.40. The summed E-state index contributed by atoms with van der Waals surface area (Å²) in [4.78, 5) is 15.8. The Morgan fingerprint density at radius 3 is 2.76 bits per heavy atom. The van der Waals surface area contributed by atoms with E-state index in [2.05, 4.69) is 23.9 Å². The predicted molar refractivity (Wildman–Crippen MR) is 67.0 cm³/mol. The van der Waals surface area contributed by atoms with E-state index in [1.165, 1.54) is 13.0 Å². The number of carboxylic acids is 1. The molecule has 4 nitrogen and oxygen atoms in total. The van der Waals surface area contributed by atoms with Gasteiger partial charge in [-0.3, -0.25) is 4.79 Å². The highest BCUT2D eigenvalue weighted by Gasteiger charge is 2.36. The van der Waals surface area contributed by atoms with Gasteiger partial charge in [0.25, 0.3) is 0 Å². The van der Waals surface area contributed by atoms with Crippen LogP contribution in [0.3, 0.4) is 0 Å². The van der Waals surface area contributed by atoms with Gasteiger partial charge in [-0.05, 0) is 45.8 Å². The van der Waals surface area contributed by atoms with Crippen molar-refractivity contribution in [2.45, 2.75) is 31.7 Å². The van der Waals surface area contributed by atoms with Gasteiger partial charge in [-0.25, -0.2) is 0 Å². The van der Waals surface area contributed by atoms with Crippen molar-refractivity contribution in [1.82, 2.24) is 9.80 Å². The molecule has 0 radical (unpaired) electrons. The molecule has 0 aromatic carbocycles. The third kappa shape index (κ3) is 2.99. The molecule has 3 atom stereocenters. The summed E-state index contributed by atoms with van der Waals surface area (Å²) in [6.07, 6.45) is 4.23. The summed E-state index contributed by atoms with van der Waals surface area (Å²) in [7, 11) is 4.26. The summed E-state index contributed by atoms with van der Waals surface area (Å²) < 4.78 is 0. The van der Waals surface area contributed by atoms with E-state index in [1.54, 1.807) is 0 Å². The third-order valence-electron chi connectivity index (χ3n) is 4.40.